The zero-order chi connectivity index (χ0) is 37.7. The maximum atomic E-state index is 12.8. The van der Waals surface area contributed by atoms with Crippen LogP contribution in [0.25, 0.3) is 0 Å². The Morgan fingerprint density at radius 2 is 0.873 bits per heavy atom. The highest BCUT2D eigenvalue weighted by Gasteiger charge is 2.44. The van der Waals surface area contributed by atoms with Crippen molar-refractivity contribution in [2.45, 2.75) is 49.8 Å². The van der Waals surface area contributed by atoms with Crippen LogP contribution < -0.4 is 0 Å². The minimum absolute atomic E-state index is 0.0529. The first-order valence-electron chi connectivity index (χ1n) is 18.6. The Morgan fingerprint density at radius 3 is 1.31 bits per heavy atom. The molecule has 4 atom stereocenters. The summed E-state index contributed by atoms with van der Waals surface area (Å²) >= 11 is 0. The Hall–Kier alpha value is -5.67. The molecule has 0 aliphatic carbocycles. The first-order chi connectivity index (χ1) is 27.1. The van der Waals surface area contributed by atoms with Crippen LogP contribution in [0.3, 0.4) is 0 Å². The van der Waals surface area contributed by atoms with E-state index in [1.54, 1.807) is 6.20 Å². The standard InChI is InChI=1S/C48H46N2O5/c51-43(36-53-33-37-19-7-1-8-20-37)45(54-34-38-21-9-2-10-22-38)46(55-35-39-23-11-3-12-24-39)44(52)47-49-31-32-50(47)48(40-25-13-4-14-26-40,41-27-15-5-16-28-41)42-29-17-6-18-30-42/h1-32,43-46,51-52H,33-36H2/t43-,44-,45-,46+/m0/s1. The summed E-state index contributed by atoms with van der Waals surface area (Å²) in [5.74, 6) is 0.348. The summed E-state index contributed by atoms with van der Waals surface area (Å²) in [6.07, 6.45) is -1.04. The highest BCUT2D eigenvalue weighted by atomic mass is 16.6. The number of aliphatic hydroxyl groups excluding tert-OH is 2. The van der Waals surface area contributed by atoms with Gasteiger partial charge in [-0.15, -0.1) is 0 Å². The predicted octanol–water partition coefficient (Wildman–Crippen LogP) is 8.51. The summed E-state index contributed by atoms with van der Waals surface area (Å²) < 4.78 is 21.4. The number of aliphatic hydroxyl groups is 2. The van der Waals surface area contributed by atoms with Crippen LogP contribution in [0.4, 0.5) is 0 Å². The molecule has 1 heterocycles. The first-order valence-corrected chi connectivity index (χ1v) is 18.6. The van der Waals surface area contributed by atoms with Crippen molar-refractivity contribution in [1.82, 2.24) is 9.55 Å². The second kappa shape index (κ2) is 18.6. The molecule has 6 aromatic carbocycles. The Labute approximate surface area is 323 Å². The topological polar surface area (TPSA) is 86.0 Å². The third-order valence-corrected chi connectivity index (χ3v) is 9.85. The van der Waals surface area contributed by atoms with Gasteiger partial charge in [0.05, 0.1) is 26.4 Å². The van der Waals surface area contributed by atoms with Crippen molar-refractivity contribution in [1.29, 1.82) is 0 Å². The van der Waals surface area contributed by atoms with Gasteiger partial charge in [0.2, 0.25) is 0 Å². The number of rotatable bonds is 18. The van der Waals surface area contributed by atoms with E-state index < -0.39 is 30.0 Å². The van der Waals surface area contributed by atoms with Crippen molar-refractivity contribution in [2.24, 2.45) is 0 Å². The molecule has 0 aliphatic rings. The van der Waals surface area contributed by atoms with E-state index in [4.69, 9.17) is 19.2 Å². The van der Waals surface area contributed by atoms with Gasteiger partial charge in [0.1, 0.15) is 35.8 Å². The van der Waals surface area contributed by atoms with E-state index in [0.29, 0.717) is 12.4 Å². The lowest BCUT2D eigenvalue weighted by Crippen LogP contribution is -2.48. The van der Waals surface area contributed by atoms with Crippen LogP contribution in [-0.2, 0) is 39.6 Å². The normalized spacial score (nSPS) is 13.9. The molecule has 0 saturated carbocycles. The number of ether oxygens (including phenoxy) is 3. The molecule has 0 unspecified atom stereocenters. The summed E-state index contributed by atoms with van der Waals surface area (Å²) in [7, 11) is 0. The molecule has 0 radical (unpaired) electrons. The molecule has 0 fully saturated rings. The molecule has 2 N–H and O–H groups in total. The van der Waals surface area contributed by atoms with Crippen LogP contribution in [0.5, 0.6) is 0 Å². The molecule has 278 valence electrons. The van der Waals surface area contributed by atoms with Gasteiger partial charge in [-0.2, -0.15) is 0 Å². The van der Waals surface area contributed by atoms with Gasteiger partial charge in [-0.25, -0.2) is 4.98 Å². The smallest absolute Gasteiger partial charge is 0.141 e. The van der Waals surface area contributed by atoms with Gasteiger partial charge in [-0.3, -0.25) is 0 Å². The maximum Gasteiger partial charge on any atom is 0.141 e. The Morgan fingerprint density at radius 1 is 0.491 bits per heavy atom. The van der Waals surface area contributed by atoms with Crippen LogP contribution in [0, 0.1) is 0 Å². The second-order valence-electron chi connectivity index (χ2n) is 13.5. The number of hydrogen-bond donors (Lipinski definition) is 2. The Kier molecular flexibility index (Phi) is 12.7. The molecule has 0 bridgehead atoms. The molecule has 0 spiro atoms. The number of benzene rings is 6. The highest BCUT2D eigenvalue weighted by Crippen LogP contribution is 2.43. The van der Waals surface area contributed by atoms with Crippen LogP contribution in [0.15, 0.2) is 194 Å². The predicted molar refractivity (Wildman–Crippen MR) is 214 cm³/mol. The zero-order valence-corrected chi connectivity index (χ0v) is 30.6. The van der Waals surface area contributed by atoms with Gasteiger partial charge in [-0.05, 0) is 33.4 Å². The molecule has 0 saturated heterocycles. The third kappa shape index (κ3) is 8.84. The first kappa shape index (κ1) is 37.6. The lowest BCUT2D eigenvalue weighted by molar-refractivity contribution is -0.179. The summed E-state index contributed by atoms with van der Waals surface area (Å²) in [5.41, 5.74) is 4.80. The average molecular weight is 731 g/mol. The van der Waals surface area contributed by atoms with E-state index in [0.717, 1.165) is 33.4 Å². The van der Waals surface area contributed by atoms with Gasteiger partial charge in [-0.1, -0.05) is 182 Å². The molecular formula is C48H46N2O5. The van der Waals surface area contributed by atoms with Gasteiger partial charge in [0.25, 0.3) is 0 Å². The van der Waals surface area contributed by atoms with Crippen LogP contribution in [0.1, 0.15) is 45.3 Å². The van der Waals surface area contributed by atoms with E-state index in [-0.39, 0.29) is 19.8 Å². The molecule has 7 aromatic rings. The minimum atomic E-state index is -1.36. The molecule has 7 heteroatoms. The van der Waals surface area contributed by atoms with Crippen molar-refractivity contribution < 1.29 is 24.4 Å². The highest BCUT2D eigenvalue weighted by molar-refractivity contribution is 5.51. The van der Waals surface area contributed by atoms with E-state index >= 15 is 0 Å². The van der Waals surface area contributed by atoms with E-state index in [1.807, 2.05) is 156 Å². The molecule has 0 amide bonds. The molecule has 7 nitrogen and oxygen atoms in total. The Bertz CT molecular complexity index is 2040. The van der Waals surface area contributed by atoms with Crippen LogP contribution in [0.2, 0.25) is 0 Å². The zero-order valence-electron chi connectivity index (χ0n) is 30.6. The van der Waals surface area contributed by atoms with E-state index in [1.165, 1.54) is 0 Å². The molecule has 0 aliphatic heterocycles. The number of hydrogen-bond acceptors (Lipinski definition) is 6. The lowest BCUT2D eigenvalue weighted by atomic mass is 9.76. The van der Waals surface area contributed by atoms with Crippen LogP contribution >= 0.6 is 0 Å². The van der Waals surface area contributed by atoms with E-state index in [2.05, 4.69) is 36.4 Å². The number of imidazole rings is 1. The van der Waals surface area contributed by atoms with Gasteiger partial charge < -0.3 is 29.0 Å². The summed E-state index contributed by atoms with van der Waals surface area (Å²) in [6, 6.07) is 60.0. The maximum absolute atomic E-state index is 12.8. The fraction of sp³-hybridized carbons (Fsp3) is 0.188. The second-order valence-corrected chi connectivity index (χ2v) is 13.5. The Balaban J connectivity index is 1.32. The van der Waals surface area contributed by atoms with Crippen LogP contribution in [-0.4, -0.2) is 44.7 Å². The van der Waals surface area contributed by atoms with Crippen molar-refractivity contribution >= 4 is 0 Å². The molecule has 1 aromatic heterocycles. The van der Waals surface area contributed by atoms with Crippen molar-refractivity contribution in [3.05, 3.63) is 234 Å². The molecule has 55 heavy (non-hydrogen) atoms. The third-order valence-electron chi connectivity index (χ3n) is 9.85. The van der Waals surface area contributed by atoms with Gasteiger partial charge >= 0.3 is 0 Å². The van der Waals surface area contributed by atoms with Crippen molar-refractivity contribution in [3.8, 4) is 0 Å². The fourth-order valence-electron chi connectivity index (χ4n) is 7.21. The van der Waals surface area contributed by atoms with Crippen molar-refractivity contribution in [3.63, 3.8) is 0 Å². The lowest BCUT2D eigenvalue weighted by Gasteiger charge is -2.40. The molecular weight excluding hydrogens is 685 g/mol. The molecule has 7 rings (SSSR count). The monoisotopic (exact) mass is 730 g/mol. The largest absolute Gasteiger partial charge is 0.388 e. The summed E-state index contributed by atoms with van der Waals surface area (Å²) in [5, 5.41) is 24.8. The summed E-state index contributed by atoms with van der Waals surface area (Å²) in [6.45, 7) is 0.588. The number of nitrogens with zero attached hydrogens (tertiary/aromatic N) is 2. The van der Waals surface area contributed by atoms with E-state index in [9.17, 15) is 10.2 Å². The fourth-order valence-corrected chi connectivity index (χ4v) is 7.21. The SMILES string of the molecule is O[C@H](c1nccn1C(c1ccccc1)(c1ccccc1)c1ccccc1)[C@@H](OCc1ccccc1)[C@@H](OCc1ccccc1)[C@@H](O)COCc1ccccc1. The average Bonchev–Trinajstić information content (AvgIpc) is 3.75. The number of aromatic nitrogens is 2. The van der Waals surface area contributed by atoms with Crippen molar-refractivity contribution in [2.75, 3.05) is 6.61 Å². The van der Waals surface area contributed by atoms with Gasteiger partial charge in [0.15, 0.2) is 0 Å². The van der Waals surface area contributed by atoms with Gasteiger partial charge in [0, 0.05) is 12.4 Å². The minimum Gasteiger partial charge on any atom is -0.388 e. The quantitative estimate of drug-likeness (QED) is 0.0862. The summed E-state index contributed by atoms with van der Waals surface area (Å²) in [4.78, 5) is 4.86.